The van der Waals surface area contributed by atoms with Crippen molar-refractivity contribution in [3.8, 4) is 0 Å². The maximum Gasteiger partial charge on any atom is 0.226 e. The average molecular weight is 218 g/mol. The van der Waals surface area contributed by atoms with Crippen LogP contribution in [0.25, 0.3) is 22.0 Å². The lowest BCUT2D eigenvalue weighted by Crippen LogP contribution is -1.84. The molecule has 3 rings (SSSR count). The topological polar surface area (TPSA) is 26.0 Å². The van der Waals surface area contributed by atoms with Crippen molar-refractivity contribution in [2.24, 2.45) is 0 Å². The monoisotopic (exact) mass is 217 g/mol. The number of furan rings is 1. The van der Waals surface area contributed by atoms with Crippen LogP contribution in [-0.4, -0.2) is 4.98 Å². The molecule has 0 aliphatic carbocycles. The number of halogens is 1. The van der Waals surface area contributed by atoms with E-state index in [1.807, 2.05) is 31.2 Å². The molecule has 0 bridgehead atoms. The lowest BCUT2D eigenvalue weighted by molar-refractivity contribution is 0.604. The molecule has 0 radical (unpaired) electrons. The van der Waals surface area contributed by atoms with Crippen LogP contribution in [0.1, 0.15) is 5.56 Å². The van der Waals surface area contributed by atoms with E-state index in [0.29, 0.717) is 5.71 Å². The minimum absolute atomic E-state index is 0.660. The van der Waals surface area contributed by atoms with E-state index in [2.05, 4.69) is 4.98 Å². The van der Waals surface area contributed by atoms with E-state index in [-0.39, 0.29) is 0 Å². The van der Waals surface area contributed by atoms with E-state index >= 15 is 0 Å². The first kappa shape index (κ1) is 8.74. The Kier molecular flexibility index (Phi) is 1.73. The van der Waals surface area contributed by atoms with Gasteiger partial charge in [-0.1, -0.05) is 17.7 Å². The fourth-order valence-corrected chi connectivity index (χ4v) is 1.95. The summed E-state index contributed by atoms with van der Waals surface area (Å²) in [4.78, 5) is 4.45. The predicted octanol–water partition coefficient (Wildman–Crippen LogP) is 3.94. The van der Waals surface area contributed by atoms with Gasteiger partial charge in [0.05, 0.1) is 16.8 Å². The van der Waals surface area contributed by atoms with Gasteiger partial charge in [0.1, 0.15) is 0 Å². The van der Waals surface area contributed by atoms with Crippen LogP contribution in [0.5, 0.6) is 0 Å². The van der Waals surface area contributed by atoms with Crippen molar-refractivity contribution in [2.45, 2.75) is 6.92 Å². The van der Waals surface area contributed by atoms with Crippen LogP contribution in [0.3, 0.4) is 0 Å². The van der Waals surface area contributed by atoms with Gasteiger partial charge in [-0.15, -0.1) is 0 Å². The number of pyridine rings is 1. The fourth-order valence-electron chi connectivity index (χ4n) is 1.75. The second-order valence-electron chi connectivity index (χ2n) is 3.56. The molecule has 0 fully saturated rings. The molecular weight excluding hydrogens is 210 g/mol. The first-order chi connectivity index (χ1) is 7.25. The molecule has 0 aliphatic heterocycles. The zero-order chi connectivity index (χ0) is 10.4. The molecule has 0 aliphatic rings. The van der Waals surface area contributed by atoms with Gasteiger partial charge in [-0.2, -0.15) is 0 Å². The van der Waals surface area contributed by atoms with E-state index in [1.54, 1.807) is 6.26 Å². The Balaban J connectivity index is 2.58. The van der Waals surface area contributed by atoms with Gasteiger partial charge in [-0.05, 0) is 30.7 Å². The van der Waals surface area contributed by atoms with Gasteiger partial charge < -0.3 is 4.42 Å². The lowest BCUT2D eigenvalue weighted by atomic mass is 10.1. The lowest BCUT2D eigenvalue weighted by Gasteiger charge is -2.02. The second kappa shape index (κ2) is 2.97. The first-order valence-corrected chi connectivity index (χ1v) is 5.06. The minimum Gasteiger partial charge on any atom is -0.446 e. The van der Waals surface area contributed by atoms with Gasteiger partial charge in [-0.3, -0.25) is 0 Å². The summed E-state index contributed by atoms with van der Waals surface area (Å²) in [6.07, 6.45) is 1.64. The summed E-state index contributed by atoms with van der Waals surface area (Å²) in [6, 6.07) is 7.76. The van der Waals surface area contributed by atoms with Gasteiger partial charge in [0.2, 0.25) is 5.71 Å². The highest BCUT2D eigenvalue weighted by atomic mass is 35.5. The molecule has 0 unspecified atom stereocenters. The fraction of sp³-hybridized carbons (Fsp3) is 0.0833. The van der Waals surface area contributed by atoms with Gasteiger partial charge in [0.15, 0.2) is 0 Å². The number of benzene rings is 1. The van der Waals surface area contributed by atoms with Gasteiger partial charge >= 0.3 is 0 Å². The Morgan fingerprint density at radius 3 is 3.00 bits per heavy atom. The third-order valence-electron chi connectivity index (χ3n) is 2.55. The quantitative estimate of drug-likeness (QED) is 0.570. The maximum atomic E-state index is 6.13. The van der Waals surface area contributed by atoms with Crippen LogP contribution in [-0.2, 0) is 0 Å². The van der Waals surface area contributed by atoms with E-state index in [9.17, 15) is 0 Å². The van der Waals surface area contributed by atoms with Crippen molar-refractivity contribution in [3.05, 3.63) is 41.1 Å². The molecule has 0 atom stereocenters. The van der Waals surface area contributed by atoms with Crippen LogP contribution in [0.4, 0.5) is 0 Å². The summed E-state index contributed by atoms with van der Waals surface area (Å²) in [7, 11) is 0. The Morgan fingerprint density at radius 1 is 1.27 bits per heavy atom. The summed E-state index contributed by atoms with van der Waals surface area (Å²) in [5.74, 6) is 0. The molecule has 0 amide bonds. The highest BCUT2D eigenvalue weighted by Gasteiger charge is 2.06. The molecule has 2 nitrogen and oxygen atoms in total. The normalized spacial score (nSPS) is 11.3. The summed E-state index contributed by atoms with van der Waals surface area (Å²) in [5, 5.41) is 2.69. The van der Waals surface area contributed by atoms with E-state index in [1.165, 1.54) is 0 Å². The highest BCUT2D eigenvalue weighted by Crippen LogP contribution is 2.28. The van der Waals surface area contributed by atoms with Crippen LogP contribution in [0.2, 0.25) is 5.02 Å². The zero-order valence-electron chi connectivity index (χ0n) is 8.12. The zero-order valence-corrected chi connectivity index (χ0v) is 8.88. The van der Waals surface area contributed by atoms with Crippen molar-refractivity contribution in [3.63, 3.8) is 0 Å². The molecule has 2 heterocycles. The van der Waals surface area contributed by atoms with Gasteiger partial charge in [-0.25, -0.2) is 4.98 Å². The van der Waals surface area contributed by atoms with Crippen LogP contribution in [0.15, 0.2) is 34.9 Å². The first-order valence-electron chi connectivity index (χ1n) is 4.69. The Labute approximate surface area is 91.5 Å². The minimum atomic E-state index is 0.660. The average Bonchev–Trinajstić information content (AvgIpc) is 2.69. The van der Waals surface area contributed by atoms with Gasteiger partial charge in [0.25, 0.3) is 0 Å². The molecular formula is C12H8ClNO. The summed E-state index contributed by atoms with van der Waals surface area (Å²) < 4.78 is 5.27. The largest absolute Gasteiger partial charge is 0.446 e. The van der Waals surface area contributed by atoms with E-state index in [4.69, 9.17) is 16.0 Å². The molecule has 0 saturated heterocycles. The summed E-state index contributed by atoms with van der Waals surface area (Å²) >= 11 is 6.13. The van der Waals surface area contributed by atoms with Crippen molar-refractivity contribution in [1.82, 2.24) is 4.98 Å². The van der Waals surface area contributed by atoms with Crippen LogP contribution < -0.4 is 0 Å². The smallest absolute Gasteiger partial charge is 0.226 e. The summed E-state index contributed by atoms with van der Waals surface area (Å²) in [6.45, 7) is 2.01. The molecule has 3 aromatic rings. The Bertz CT molecular complexity index is 602. The molecule has 0 saturated carbocycles. The molecule has 0 spiro atoms. The number of aryl methyl sites for hydroxylation is 1. The summed E-state index contributed by atoms with van der Waals surface area (Å²) in [5.41, 5.74) is 2.67. The van der Waals surface area contributed by atoms with E-state index in [0.717, 1.165) is 26.9 Å². The van der Waals surface area contributed by atoms with Crippen molar-refractivity contribution < 1.29 is 4.42 Å². The number of aromatic nitrogens is 1. The SMILES string of the molecule is Cc1ccc(Cl)c2cc3ccoc3nc12. The molecule has 74 valence electrons. The number of hydrogen-bond donors (Lipinski definition) is 0. The standard InChI is InChI=1S/C12H8ClNO/c1-7-2-3-10(13)9-6-8-4-5-15-12(8)14-11(7)9/h2-6H,1H3. The third-order valence-corrected chi connectivity index (χ3v) is 2.88. The number of rotatable bonds is 0. The van der Waals surface area contributed by atoms with Crippen LogP contribution >= 0.6 is 11.6 Å². The number of hydrogen-bond acceptors (Lipinski definition) is 2. The molecule has 2 aromatic heterocycles. The van der Waals surface area contributed by atoms with Crippen molar-refractivity contribution in [1.29, 1.82) is 0 Å². The Hall–Kier alpha value is -1.54. The Morgan fingerprint density at radius 2 is 2.13 bits per heavy atom. The van der Waals surface area contributed by atoms with Crippen molar-refractivity contribution >= 4 is 33.6 Å². The molecule has 3 heteroatoms. The number of nitrogens with zero attached hydrogens (tertiary/aromatic N) is 1. The third kappa shape index (κ3) is 1.22. The van der Waals surface area contributed by atoms with Gasteiger partial charge in [0, 0.05) is 10.8 Å². The highest BCUT2D eigenvalue weighted by molar-refractivity contribution is 6.35. The molecule has 0 N–H and O–H groups in total. The number of fused-ring (bicyclic) bond motifs is 2. The molecule has 1 aromatic carbocycles. The predicted molar refractivity (Wildman–Crippen MR) is 61.3 cm³/mol. The second-order valence-corrected chi connectivity index (χ2v) is 3.97. The maximum absolute atomic E-state index is 6.13. The molecule has 15 heavy (non-hydrogen) atoms. The van der Waals surface area contributed by atoms with Crippen LogP contribution in [0, 0.1) is 6.92 Å². The van der Waals surface area contributed by atoms with Crippen molar-refractivity contribution in [2.75, 3.05) is 0 Å². The van der Waals surface area contributed by atoms with E-state index < -0.39 is 0 Å².